The Morgan fingerprint density at radius 3 is 2.48 bits per heavy atom. The summed E-state index contributed by atoms with van der Waals surface area (Å²) in [7, 11) is 3.41. The zero-order valence-corrected chi connectivity index (χ0v) is 17.1. The fraction of sp³-hybridized carbons (Fsp3) is 0.136. The number of nitrogens with two attached hydrogens (primary N) is 2. The molecule has 2 aromatic heterocycles. The molecule has 4 aromatic rings. The first kappa shape index (κ1) is 20.2. The highest BCUT2D eigenvalue weighted by Crippen LogP contribution is 2.28. The molecule has 2 heterocycles. The van der Waals surface area contributed by atoms with Crippen LogP contribution in [-0.4, -0.2) is 45.1 Å². The van der Waals surface area contributed by atoms with Gasteiger partial charge in [0.2, 0.25) is 5.89 Å². The van der Waals surface area contributed by atoms with Gasteiger partial charge in [-0.3, -0.25) is 4.79 Å². The minimum Gasteiger partial charge on any atom is -0.414 e. The molecule has 0 spiro atoms. The summed E-state index contributed by atoms with van der Waals surface area (Å²) in [5.41, 5.74) is 15.7. The van der Waals surface area contributed by atoms with Gasteiger partial charge in [0.05, 0.1) is 11.9 Å². The summed E-state index contributed by atoms with van der Waals surface area (Å²) < 4.78 is 5.81. The molecule has 0 aliphatic carbocycles. The van der Waals surface area contributed by atoms with Gasteiger partial charge < -0.3 is 20.8 Å². The van der Waals surface area contributed by atoms with Crippen LogP contribution >= 0.6 is 0 Å². The van der Waals surface area contributed by atoms with Gasteiger partial charge >= 0.3 is 0 Å². The zero-order chi connectivity index (χ0) is 22.0. The fourth-order valence-electron chi connectivity index (χ4n) is 3.00. The van der Waals surface area contributed by atoms with Crippen LogP contribution in [0.5, 0.6) is 0 Å². The summed E-state index contributed by atoms with van der Waals surface area (Å²) in [6.07, 6.45) is 1.56. The van der Waals surface area contributed by atoms with E-state index in [2.05, 4.69) is 20.2 Å². The maximum Gasteiger partial charge on any atom is 0.270 e. The number of nitrogen functional groups attached to an aromatic ring is 1. The zero-order valence-electron chi connectivity index (χ0n) is 17.1. The van der Waals surface area contributed by atoms with Crippen LogP contribution in [0.15, 0.2) is 59.1 Å². The van der Waals surface area contributed by atoms with E-state index in [-0.39, 0.29) is 17.6 Å². The normalized spacial score (nSPS) is 10.8. The second-order valence-corrected chi connectivity index (χ2v) is 7.08. The molecule has 0 fully saturated rings. The van der Waals surface area contributed by atoms with Crippen LogP contribution in [0.1, 0.15) is 15.9 Å². The largest absolute Gasteiger partial charge is 0.414 e. The van der Waals surface area contributed by atoms with Crippen molar-refractivity contribution in [2.45, 2.75) is 6.54 Å². The van der Waals surface area contributed by atoms with Gasteiger partial charge in [0.25, 0.3) is 11.8 Å². The highest BCUT2D eigenvalue weighted by Gasteiger charge is 2.17. The Hall–Kier alpha value is -4.11. The molecule has 2 aromatic carbocycles. The van der Waals surface area contributed by atoms with Crippen molar-refractivity contribution in [2.75, 3.05) is 19.8 Å². The topological polar surface area (TPSA) is 137 Å². The van der Waals surface area contributed by atoms with Gasteiger partial charge in [0.1, 0.15) is 0 Å². The highest BCUT2D eigenvalue weighted by atomic mass is 16.4. The Kier molecular flexibility index (Phi) is 5.42. The van der Waals surface area contributed by atoms with E-state index in [0.29, 0.717) is 29.4 Å². The fourth-order valence-corrected chi connectivity index (χ4v) is 3.00. The summed E-state index contributed by atoms with van der Waals surface area (Å²) in [4.78, 5) is 22.4. The first-order chi connectivity index (χ1) is 15.0. The molecule has 0 radical (unpaired) electrons. The van der Waals surface area contributed by atoms with Crippen molar-refractivity contribution < 1.29 is 9.21 Å². The van der Waals surface area contributed by atoms with E-state index in [1.165, 1.54) is 4.90 Å². The average molecular weight is 415 g/mol. The minimum absolute atomic E-state index is 0.0762. The number of nitrogens with zero attached hydrogens (tertiary/aromatic N) is 5. The van der Waals surface area contributed by atoms with E-state index in [1.807, 2.05) is 24.3 Å². The first-order valence-corrected chi connectivity index (χ1v) is 9.54. The quantitative estimate of drug-likeness (QED) is 0.507. The van der Waals surface area contributed by atoms with E-state index < -0.39 is 0 Å². The highest BCUT2D eigenvalue weighted by molar-refractivity contribution is 5.94. The van der Waals surface area contributed by atoms with Crippen LogP contribution in [0.2, 0.25) is 0 Å². The number of amides is 1. The Morgan fingerprint density at radius 2 is 1.77 bits per heavy atom. The third-order valence-corrected chi connectivity index (χ3v) is 4.67. The van der Waals surface area contributed by atoms with Gasteiger partial charge in [-0.25, -0.2) is 9.97 Å². The summed E-state index contributed by atoms with van der Waals surface area (Å²) in [6, 6.07) is 14.6. The minimum atomic E-state index is -0.0762. The number of hydrogen-bond donors (Lipinski definition) is 2. The maximum atomic E-state index is 12.1. The van der Waals surface area contributed by atoms with Crippen LogP contribution in [0.4, 0.5) is 5.82 Å². The van der Waals surface area contributed by atoms with Crippen molar-refractivity contribution in [3.8, 4) is 34.3 Å². The van der Waals surface area contributed by atoms with Crippen molar-refractivity contribution in [1.82, 2.24) is 25.1 Å². The lowest BCUT2D eigenvalue weighted by Gasteiger charge is -2.10. The number of carbonyl (C=O) groups is 1. The van der Waals surface area contributed by atoms with Crippen molar-refractivity contribution in [3.05, 3.63) is 65.9 Å². The molecular formula is C22H21N7O2. The van der Waals surface area contributed by atoms with E-state index in [4.69, 9.17) is 15.9 Å². The molecule has 4 rings (SSSR count). The Balaban J connectivity index is 1.66. The smallest absolute Gasteiger partial charge is 0.270 e. The summed E-state index contributed by atoms with van der Waals surface area (Å²) in [5, 5.41) is 8.20. The average Bonchev–Trinajstić information content (AvgIpc) is 3.29. The lowest BCUT2D eigenvalue weighted by atomic mass is 10.1. The van der Waals surface area contributed by atoms with E-state index in [9.17, 15) is 4.79 Å². The number of aromatic nitrogens is 4. The van der Waals surface area contributed by atoms with Crippen molar-refractivity contribution >= 4 is 11.7 Å². The van der Waals surface area contributed by atoms with Crippen LogP contribution in [-0.2, 0) is 6.54 Å². The lowest BCUT2D eigenvalue weighted by molar-refractivity contribution is 0.0827. The summed E-state index contributed by atoms with van der Waals surface area (Å²) in [6.45, 7) is 0.411. The van der Waals surface area contributed by atoms with E-state index in [0.717, 1.165) is 16.7 Å². The Labute approximate surface area is 178 Å². The monoisotopic (exact) mass is 415 g/mol. The molecule has 9 heteroatoms. The molecule has 4 N–H and O–H groups in total. The molecule has 156 valence electrons. The van der Waals surface area contributed by atoms with Crippen LogP contribution in [0.25, 0.3) is 34.3 Å². The van der Waals surface area contributed by atoms with E-state index >= 15 is 0 Å². The lowest BCUT2D eigenvalue weighted by Crippen LogP contribution is -2.21. The van der Waals surface area contributed by atoms with Gasteiger partial charge in [-0.05, 0) is 29.8 Å². The van der Waals surface area contributed by atoms with Gasteiger partial charge in [-0.1, -0.05) is 24.3 Å². The SMILES string of the molecule is CN(C)C(=O)c1ccc(-c2cnc(N)c(-c3nnc(-c4cccc(CN)c4)o3)n2)cc1. The Morgan fingerprint density at radius 1 is 1.03 bits per heavy atom. The standard InChI is InChI=1S/C22H21N7O2/c1-29(2)22(30)15-8-6-14(7-9-15)17-12-25-19(24)18(26-17)21-28-27-20(31-21)16-5-3-4-13(10-16)11-23/h3-10,12H,11,23H2,1-2H3,(H2,24,25). The maximum absolute atomic E-state index is 12.1. The molecule has 0 bridgehead atoms. The van der Waals surface area contributed by atoms with Gasteiger partial charge in [0.15, 0.2) is 11.5 Å². The molecule has 0 atom stereocenters. The molecule has 0 aliphatic rings. The number of carbonyl (C=O) groups excluding carboxylic acids is 1. The molecule has 0 saturated carbocycles. The van der Waals surface area contributed by atoms with Gasteiger partial charge in [-0.2, -0.15) is 0 Å². The number of anilines is 1. The molecule has 0 aliphatic heterocycles. The summed E-state index contributed by atoms with van der Waals surface area (Å²) in [5.74, 6) is 0.602. The molecule has 0 unspecified atom stereocenters. The second-order valence-electron chi connectivity index (χ2n) is 7.08. The molecule has 31 heavy (non-hydrogen) atoms. The van der Waals surface area contributed by atoms with Crippen molar-refractivity contribution in [1.29, 1.82) is 0 Å². The van der Waals surface area contributed by atoms with Gasteiger partial charge in [0, 0.05) is 37.3 Å². The van der Waals surface area contributed by atoms with Gasteiger partial charge in [-0.15, -0.1) is 10.2 Å². The Bertz CT molecular complexity index is 1230. The predicted molar refractivity (Wildman–Crippen MR) is 117 cm³/mol. The third-order valence-electron chi connectivity index (χ3n) is 4.67. The van der Waals surface area contributed by atoms with Crippen LogP contribution in [0, 0.1) is 0 Å². The number of benzene rings is 2. The summed E-state index contributed by atoms with van der Waals surface area (Å²) >= 11 is 0. The number of hydrogen-bond acceptors (Lipinski definition) is 8. The van der Waals surface area contributed by atoms with Crippen LogP contribution < -0.4 is 11.5 Å². The van der Waals surface area contributed by atoms with Crippen LogP contribution in [0.3, 0.4) is 0 Å². The molecule has 0 saturated heterocycles. The second kappa shape index (κ2) is 8.33. The molecular weight excluding hydrogens is 394 g/mol. The third kappa shape index (κ3) is 4.12. The van der Waals surface area contributed by atoms with Crippen molar-refractivity contribution in [2.24, 2.45) is 5.73 Å². The van der Waals surface area contributed by atoms with Crippen molar-refractivity contribution in [3.63, 3.8) is 0 Å². The number of rotatable bonds is 5. The molecule has 1 amide bonds. The molecule has 9 nitrogen and oxygen atoms in total. The first-order valence-electron chi connectivity index (χ1n) is 9.54. The predicted octanol–water partition coefficient (Wildman–Crippen LogP) is 2.60. The van der Waals surface area contributed by atoms with E-state index in [1.54, 1.807) is 44.6 Å².